The average Bonchev–Trinajstić information content (AvgIpc) is 2.37. The molecule has 0 aliphatic carbocycles. The van der Waals surface area contributed by atoms with Crippen LogP contribution in [0.15, 0.2) is 18.2 Å². The van der Waals surface area contributed by atoms with Crippen LogP contribution >= 0.6 is 0 Å². The van der Waals surface area contributed by atoms with E-state index in [0.717, 1.165) is 26.2 Å². The number of rotatable bonds is 4. The van der Waals surface area contributed by atoms with Crippen molar-refractivity contribution in [1.29, 1.82) is 0 Å². The van der Waals surface area contributed by atoms with Crippen molar-refractivity contribution in [2.45, 2.75) is 26.3 Å². The smallest absolute Gasteiger partial charge is 0.0372 e. The number of benzene rings is 1. The van der Waals surface area contributed by atoms with E-state index in [2.05, 4.69) is 54.6 Å². The summed E-state index contributed by atoms with van der Waals surface area (Å²) in [6.07, 6.45) is 1.19. The number of nitrogens with one attached hydrogen (secondary N) is 2. The van der Waals surface area contributed by atoms with Gasteiger partial charge in [-0.05, 0) is 44.5 Å². The summed E-state index contributed by atoms with van der Waals surface area (Å²) in [6.45, 7) is 8.79. The summed E-state index contributed by atoms with van der Waals surface area (Å²) in [4.78, 5) is 2.46. The molecule has 0 amide bonds. The molecule has 1 atom stereocenters. The van der Waals surface area contributed by atoms with Gasteiger partial charge >= 0.3 is 0 Å². The highest BCUT2D eigenvalue weighted by molar-refractivity contribution is 5.53. The summed E-state index contributed by atoms with van der Waals surface area (Å²) in [7, 11) is 2.23. The standard InChI is InChI=1S/C15H25N3/c1-12-5-4-6-15(13(12)2)17-8-7-14-11-16-9-10-18(14)3/h4-6,14,16-17H,7-11H2,1-3H3. The van der Waals surface area contributed by atoms with Crippen molar-refractivity contribution in [3.05, 3.63) is 29.3 Å². The minimum Gasteiger partial charge on any atom is -0.385 e. The lowest BCUT2D eigenvalue weighted by Gasteiger charge is -2.33. The van der Waals surface area contributed by atoms with Gasteiger partial charge in [0.2, 0.25) is 0 Å². The molecule has 3 nitrogen and oxygen atoms in total. The summed E-state index contributed by atoms with van der Waals surface area (Å²) in [6, 6.07) is 7.13. The SMILES string of the molecule is Cc1cccc(NCCC2CNCCN2C)c1C. The van der Waals surface area contributed by atoms with E-state index in [-0.39, 0.29) is 0 Å². The molecular weight excluding hydrogens is 222 g/mol. The van der Waals surface area contributed by atoms with E-state index in [1.54, 1.807) is 0 Å². The number of nitrogens with zero attached hydrogens (tertiary/aromatic N) is 1. The van der Waals surface area contributed by atoms with Crippen LogP contribution in [-0.2, 0) is 0 Å². The molecule has 0 radical (unpaired) electrons. The summed E-state index contributed by atoms with van der Waals surface area (Å²) < 4.78 is 0. The van der Waals surface area contributed by atoms with Crippen LogP contribution in [0.5, 0.6) is 0 Å². The van der Waals surface area contributed by atoms with Gasteiger partial charge < -0.3 is 15.5 Å². The molecule has 1 heterocycles. The molecule has 1 aromatic rings. The zero-order valence-electron chi connectivity index (χ0n) is 11.8. The number of hydrogen-bond donors (Lipinski definition) is 2. The Bertz CT molecular complexity index is 389. The highest BCUT2D eigenvalue weighted by Crippen LogP contribution is 2.18. The van der Waals surface area contributed by atoms with Gasteiger partial charge in [0.05, 0.1) is 0 Å². The largest absolute Gasteiger partial charge is 0.385 e. The van der Waals surface area contributed by atoms with Crippen molar-refractivity contribution < 1.29 is 0 Å². The van der Waals surface area contributed by atoms with Gasteiger partial charge in [-0.25, -0.2) is 0 Å². The second-order valence-electron chi connectivity index (χ2n) is 5.30. The van der Waals surface area contributed by atoms with Gasteiger partial charge in [-0.2, -0.15) is 0 Å². The van der Waals surface area contributed by atoms with Crippen molar-refractivity contribution >= 4 is 5.69 Å². The van der Waals surface area contributed by atoms with E-state index < -0.39 is 0 Å². The predicted octanol–water partition coefficient (Wildman–Crippen LogP) is 2.01. The van der Waals surface area contributed by atoms with Gasteiger partial charge in [0.15, 0.2) is 0 Å². The van der Waals surface area contributed by atoms with Crippen LogP contribution in [0.3, 0.4) is 0 Å². The second-order valence-corrected chi connectivity index (χ2v) is 5.30. The fraction of sp³-hybridized carbons (Fsp3) is 0.600. The van der Waals surface area contributed by atoms with Gasteiger partial charge in [-0.15, -0.1) is 0 Å². The molecule has 1 fully saturated rings. The molecule has 18 heavy (non-hydrogen) atoms. The number of anilines is 1. The van der Waals surface area contributed by atoms with Crippen LogP contribution in [0, 0.1) is 13.8 Å². The molecular formula is C15H25N3. The Kier molecular flexibility index (Phi) is 4.61. The monoisotopic (exact) mass is 247 g/mol. The minimum atomic E-state index is 0.663. The van der Waals surface area contributed by atoms with Crippen LogP contribution in [0.2, 0.25) is 0 Å². The number of piperazine rings is 1. The molecule has 1 aliphatic rings. The Morgan fingerprint density at radius 2 is 2.22 bits per heavy atom. The Balaban J connectivity index is 1.83. The summed E-state index contributed by atoms with van der Waals surface area (Å²) in [5, 5.41) is 7.03. The predicted molar refractivity (Wildman–Crippen MR) is 78.3 cm³/mol. The summed E-state index contributed by atoms with van der Waals surface area (Å²) in [5.41, 5.74) is 4.01. The first-order valence-electron chi connectivity index (χ1n) is 6.89. The molecule has 0 bridgehead atoms. The van der Waals surface area contributed by atoms with E-state index in [1.165, 1.54) is 23.2 Å². The van der Waals surface area contributed by atoms with E-state index in [0.29, 0.717) is 6.04 Å². The molecule has 1 unspecified atom stereocenters. The highest BCUT2D eigenvalue weighted by atomic mass is 15.2. The lowest BCUT2D eigenvalue weighted by Crippen LogP contribution is -2.49. The summed E-state index contributed by atoms with van der Waals surface area (Å²) in [5.74, 6) is 0. The van der Waals surface area contributed by atoms with Gasteiger partial charge in [0, 0.05) is 37.9 Å². The maximum Gasteiger partial charge on any atom is 0.0372 e. The lowest BCUT2D eigenvalue weighted by molar-refractivity contribution is 0.194. The van der Waals surface area contributed by atoms with Crippen LogP contribution in [0.4, 0.5) is 5.69 Å². The van der Waals surface area contributed by atoms with Crippen molar-refractivity contribution in [3.8, 4) is 0 Å². The molecule has 1 aliphatic heterocycles. The molecule has 0 spiro atoms. The first-order chi connectivity index (χ1) is 8.68. The van der Waals surface area contributed by atoms with Crippen LogP contribution in [-0.4, -0.2) is 44.2 Å². The lowest BCUT2D eigenvalue weighted by atomic mass is 10.1. The average molecular weight is 247 g/mol. The molecule has 0 saturated carbocycles. The molecule has 3 heteroatoms. The number of likely N-dealkylation sites (N-methyl/N-ethyl adjacent to an activating group) is 1. The highest BCUT2D eigenvalue weighted by Gasteiger charge is 2.17. The fourth-order valence-corrected chi connectivity index (χ4v) is 2.50. The van der Waals surface area contributed by atoms with Crippen LogP contribution in [0.1, 0.15) is 17.5 Å². The third kappa shape index (κ3) is 3.24. The minimum absolute atomic E-state index is 0.663. The maximum atomic E-state index is 3.57. The van der Waals surface area contributed by atoms with E-state index >= 15 is 0 Å². The van der Waals surface area contributed by atoms with Crippen molar-refractivity contribution in [1.82, 2.24) is 10.2 Å². The van der Waals surface area contributed by atoms with Crippen molar-refractivity contribution in [2.75, 3.05) is 38.5 Å². The van der Waals surface area contributed by atoms with Gasteiger partial charge in [0.25, 0.3) is 0 Å². The van der Waals surface area contributed by atoms with Gasteiger partial charge in [-0.1, -0.05) is 12.1 Å². The Morgan fingerprint density at radius 1 is 1.39 bits per heavy atom. The Labute approximate surface area is 111 Å². The molecule has 2 rings (SSSR count). The van der Waals surface area contributed by atoms with Crippen LogP contribution < -0.4 is 10.6 Å². The molecule has 100 valence electrons. The Morgan fingerprint density at radius 3 is 3.00 bits per heavy atom. The second kappa shape index (κ2) is 6.21. The fourth-order valence-electron chi connectivity index (χ4n) is 2.50. The molecule has 0 aromatic heterocycles. The first kappa shape index (κ1) is 13.4. The Hall–Kier alpha value is -1.06. The van der Waals surface area contributed by atoms with E-state index in [9.17, 15) is 0 Å². The van der Waals surface area contributed by atoms with Crippen LogP contribution in [0.25, 0.3) is 0 Å². The normalized spacial score (nSPS) is 20.9. The topological polar surface area (TPSA) is 27.3 Å². The van der Waals surface area contributed by atoms with Gasteiger partial charge in [0.1, 0.15) is 0 Å². The van der Waals surface area contributed by atoms with E-state index in [4.69, 9.17) is 0 Å². The maximum absolute atomic E-state index is 3.57. The van der Waals surface area contributed by atoms with Crippen molar-refractivity contribution in [3.63, 3.8) is 0 Å². The van der Waals surface area contributed by atoms with E-state index in [1.807, 2.05) is 0 Å². The first-order valence-corrected chi connectivity index (χ1v) is 6.89. The van der Waals surface area contributed by atoms with Gasteiger partial charge in [-0.3, -0.25) is 0 Å². The number of hydrogen-bond acceptors (Lipinski definition) is 3. The number of aryl methyl sites for hydroxylation is 1. The zero-order chi connectivity index (χ0) is 13.0. The zero-order valence-corrected chi connectivity index (χ0v) is 11.8. The quantitative estimate of drug-likeness (QED) is 0.852. The molecule has 2 N–H and O–H groups in total. The van der Waals surface area contributed by atoms with Crippen molar-refractivity contribution in [2.24, 2.45) is 0 Å². The molecule has 1 saturated heterocycles. The summed E-state index contributed by atoms with van der Waals surface area (Å²) >= 11 is 0. The molecule has 1 aromatic carbocycles. The third-order valence-corrected chi connectivity index (χ3v) is 4.04. The third-order valence-electron chi connectivity index (χ3n) is 4.04.